The quantitative estimate of drug-likeness (QED) is 0.838. The molecule has 0 radical (unpaired) electrons. The normalized spacial score (nSPS) is 14.2. The summed E-state index contributed by atoms with van der Waals surface area (Å²) < 4.78 is 5.51. The van der Waals surface area contributed by atoms with Gasteiger partial charge in [0.05, 0.1) is 12.2 Å². The first-order valence-corrected chi connectivity index (χ1v) is 8.56. The Morgan fingerprint density at radius 3 is 2.50 bits per heavy atom. The third kappa shape index (κ3) is 3.20. The smallest absolute Gasteiger partial charge is 0.277 e. The highest BCUT2D eigenvalue weighted by Crippen LogP contribution is 2.32. The molecule has 134 valence electrons. The van der Waals surface area contributed by atoms with Crippen LogP contribution in [0.1, 0.15) is 23.6 Å². The van der Waals surface area contributed by atoms with Gasteiger partial charge in [-0.25, -0.2) is 0 Å². The van der Waals surface area contributed by atoms with Crippen LogP contribution in [0, 0.1) is 13.8 Å². The minimum Gasteiger partial charge on any atom is -0.494 e. The van der Waals surface area contributed by atoms with E-state index >= 15 is 0 Å². The van der Waals surface area contributed by atoms with Gasteiger partial charge in [-0.15, -0.1) is 0 Å². The largest absolute Gasteiger partial charge is 0.494 e. The minimum atomic E-state index is -0.341. The Bertz CT molecular complexity index is 915. The maximum Gasteiger partial charge on any atom is 0.277 e. The van der Waals surface area contributed by atoms with Crippen LogP contribution in [0.2, 0.25) is 0 Å². The Morgan fingerprint density at radius 2 is 1.81 bits per heavy atom. The maximum absolute atomic E-state index is 12.7. The zero-order valence-electron chi connectivity index (χ0n) is 15.4. The molecule has 2 aromatic rings. The summed E-state index contributed by atoms with van der Waals surface area (Å²) in [6.45, 7) is 6.41. The highest BCUT2D eigenvalue weighted by atomic mass is 16.5. The number of rotatable bonds is 5. The van der Waals surface area contributed by atoms with E-state index in [0.29, 0.717) is 23.6 Å². The fraction of sp³-hybridized carbons (Fsp3) is 0.238. The van der Waals surface area contributed by atoms with Gasteiger partial charge in [0.1, 0.15) is 11.4 Å². The van der Waals surface area contributed by atoms with Gasteiger partial charge < -0.3 is 10.1 Å². The molecule has 0 fully saturated rings. The molecule has 2 aromatic carbocycles. The molecular formula is C21H22N2O3. The van der Waals surface area contributed by atoms with Crippen molar-refractivity contribution in [1.29, 1.82) is 0 Å². The summed E-state index contributed by atoms with van der Waals surface area (Å²) in [5, 5.41) is 3.13. The van der Waals surface area contributed by atoms with Crippen molar-refractivity contribution in [2.45, 2.75) is 20.8 Å². The number of nitrogens with one attached hydrogen (secondary N) is 1. The van der Waals surface area contributed by atoms with Gasteiger partial charge in [-0.1, -0.05) is 29.8 Å². The van der Waals surface area contributed by atoms with Crippen LogP contribution in [0.4, 0.5) is 5.69 Å². The summed E-state index contributed by atoms with van der Waals surface area (Å²) in [4.78, 5) is 26.5. The monoisotopic (exact) mass is 350 g/mol. The fourth-order valence-electron chi connectivity index (χ4n) is 3.08. The Kier molecular flexibility index (Phi) is 4.80. The van der Waals surface area contributed by atoms with Crippen molar-refractivity contribution in [3.8, 4) is 5.75 Å². The van der Waals surface area contributed by atoms with Gasteiger partial charge in [-0.05, 0) is 44.0 Å². The minimum absolute atomic E-state index is 0.290. The lowest BCUT2D eigenvalue weighted by Crippen LogP contribution is -2.28. The molecular weight excluding hydrogens is 328 g/mol. The van der Waals surface area contributed by atoms with Crippen LogP contribution in [0.5, 0.6) is 5.75 Å². The lowest BCUT2D eigenvalue weighted by atomic mass is 9.97. The Morgan fingerprint density at radius 1 is 1.04 bits per heavy atom. The molecule has 2 amide bonds. The van der Waals surface area contributed by atoms with E-state index in [1.165, 1.54) is 7.05 Å². The number of benzene rings is 2. The van der Waals surface area contributed by atoms with Crippen LogP contribution in [0.25, 0.3) is 5.57 Å². The molecule has 1 N–H and O–H groups in total. The van der Waals surface area contributed by atoms with Crippen molar-refractivity contribution in [2.75, 3.05) is 19.0 Å². The van der Waals surface area contributed by atoms with Crippen molar-refractivity contribution < 1.29 is 14.3 Å². The van der Waals surface area contributed by atoms with E-state index < -0.39 is 0 Å². The van der Waals surface area contributed by atoms with Crippen LogP contribution >= 0.6 is 0 Å². The Balaban J connectivity index is 2.07. The number of carbonyl (C=O) groups excluding carboxylic acids is 2. The number of aryl methyl sites for hydroxylation is 2. The van der Waals surface area contributed by atoms with Crippen molar-refractivity contribution in [3.05, 3.63) is 64.9 Å². The number of hydrogen-bond acceptors (Lipinski definition) is 4. The number of carbonyl (C=O) groups is 2. The molecule has 0 atom stereocenters. The fourth-order valence-corrected chi connectivity index (χ4v) is 3.08. The van der Waals surface area contributed by atoms with E-state index in [4.69, 9.17) is 4.74 Å². The lowest BCUT2D eigenvalue weighted by Gasteiger charge is -2.11. The summed E-state index contributed by atoms with van der Waals surface area (Å²) in [6.07, 6.45) is 0. The van der Waals surface area contributed by atoms with Gasteiger partial charge in [0.15, 0.2) is 0 Å². The van der Waals surface area contributed by atoms with Gasteiger partial charge in [-0.3, -0.25) is 14.5 Å². The number of amides is 2. The second-order valence-electron chi connectivity index (χ2n) is 6.32. The van der Waals surface area contributed by atoms with Gasteiger partial charge in [0, 0.05) is 18.8 Å². The highest BCUT2D eigenvalue weighted by molar-refractivity contribution is 6.36. The molecule has 0 bridgehead atoms. The average molecular weight is 350 g/mol. The Labute approximate surface area is 153 Å². The van der Waals surface area contributed by atoms with Crippen LogP contribution in [0.3, 0.4) is 0 Å². The number of anilines is 1. The zero-order chi connectivity index (χ0) is 18.8. The van der Waals surface area contributed by atoms with E-state index in [0.717, 1.165) is 21.6 Å². The van der Waals surface area contributed by atoms with Crippen LogP contribution < -0.4 is 10.1 Å². The van der Waals surface area contributed by atoms with Gasteiger partial charge in [0.25, 0.3) is 11.8 Å². The molecule has 0 unspecified atom stereocenters. The molecule has 1 heterocycles. The number of likely N-dealkylation sites (N-methyl/N-ethyl adjacent to an activating group) is 1. The zero-order valence-corrected chi connectivity index (χ0v) is 15.4. The summed E-state index contributed by atoms with van der Waals surface area (Å²) in [5.74, 6) is 0.0634. The predicted molar refractivity (Wildman–Crippen MR) is 102 cm³/mol. The summed E-state index contributed by atoms with van der Waals surface area (Å²) in [5.41, 5.74) is 4.22. The van der Waals surface area contributed by atoms with E-state index in [1.54, 1.807) is 0 Å². The molecule has 1 aliphatic rings. The molecule has 3 rings (SSSR count). The first-order valence-electron chi connectivity index (χ1n) is 8.56. The molecule has 0 aliphatic carbocycles. The molecule has 5 heteroatoms. The van der Waals surface area contributed by atoms with E-state index in [9.17, 15) is 9.59 Å². The predicted octanol–water partition coefficient (Wildman–Crippen LogP) is 3.52. The SMILES string of the molecule is CCOc1cccc(NC2=C(c3ccc(C)cc3C)C(=O)N(C)C2=O)c1. The average Bonchev–Trinajstić information content (AvgIpc) is 2.80. The maximum atomic E-state index is 12.7. The second kappa shape index (κ2) is 7.04. The number of hydrogen-bond donors (Lipinski definition) is 1. The van der Waals surface area contributed by atoms with Crippen LogP contribution in [-0.2, 0) is 9.59 Å². The van der Waals surface area contributed by atoms with Gasteiger partial charge in [0.2, 0.25) is 0 Å². The first kappa shape index (κ1) is 17.7. The molecule has 0 saturated carbocycles. The Hall–Kier alpha value is -3.08. The van der Waals surface area contributed by atoms with Crippen molar-refractivity contribution in [3.63, 3.8) is 0 Å². The third-order valence-electron chi connectivity index (χ3n) is 4.35. The second-order valence-corrected chi connectivity index (χ2v) is 6.32. The summed E-state index contributed by atoms with van der Waals surface area (Å²) >= 11 is 0. The number of ether oxygens (including phenoxy) is 1. The van der Waals surface area contributed by atoms with E-state index in [1.807, 2.05) is 63.2 Å². The van der Waals surface area contributed by atoms with E-state index in [-0.39, 0.29) is 17.5 Å². The first-order chi connectivity index (χ1) is 12.4. The molecule has 0 saturated heterocycles. The van der Waals surface area contributed by atoms with Crippen LogP contribution in [-0.4, -0.2) is 30.4 Å². The molecule has 0 aromatic heterocycles. The van der Waals surface area contributed by atoms with Crippen molar-refractivity contribution >= 4 is 23.1 Å². The topological polar surface area (TPSA) is 58.6 Å². The third-order valence-corrected chi connectivity index (χ3v) is 4.35. The van der Waals surface area contributed by atoms with Crippen molar-refractivity contribution in [2.24, 2.45) is 0 Å². The standard InChI is InChI=1S/C21H22N2O3/c1-5-26-16-8-6-7-15(12-16)22-19-18(20(24)23(4)21(19)25)17-10-9-13(2)11-14(17)3/h6-12,22H,5H2,1-4H3. The van der Waals surface area contributed by atoms with E-state index in [2.05, 4.69) is 5.32 Å². The van der Waals surface area contributed by atoms with Gasteiger partial charge >= 0.3 is 0 Å². The summed E-state index contributed by atoms with van der Waals surface area (Å²) in [7, 11) is 1.50. The van der Waals surface area contributed by atoms with Crippen LogP contribution in [0.15, 0.2) is 48.2 Å². The molecule has 1 aliphatic heterocycles. The lowest BCUT2D eigenvalue weighted by molar-refractivity contribution is -0.135. The summed E-state index contributed by atoms with van der Waals surface area (Å²) in [6, 6.07) is 13.2. The van der Waals surface area contributed by atoms with Crippen molar-refractivity contribution in [1.82, 2.24) is 4.90 Å². The number of imide groups is 1. The van der Waals surface area contributed by atoms with Gasteiger partial charge in [-0.2, -0.15) is 0 Å². The molecule has 26 heavy (non-hydrogen) atoms. The molecule has 5 nitrogen and oxygen atoms in total. The highest BCUT2D eigenvalue weighted by Gasteiger charge is 2.37. The molecule has 0 spiro atoms. The number of nitrogens with zero attached hydrogens (tertiary/aromatic N) is 1.